The molecule has 0 aliphatic carbocycles. The first-order valence-corrected chi connectivity index (χ1v) is 9.42. The summed E-state index contributed by atoms with van der Waals surface area (Å²) in [5.41, 5.74) is 0.880. The van der Waals surface area contributed by atoms with E-state index in [9.17, 15) is 9.59 Å². The number of carbonyl (C=O) groups is 1. The highest BCUT2D eigenvalue weighted by atomic mass is 35.5. The molecule has 0 unspecified atom stereocenters. The molecular formula is C16H14ClN3O2S2. The van der Waals surface area contributed by atoms with E-state index in [2.05, 4.69) is 10.2 Å². The molecule has 0 amide bonds. The van der Waals surface area contributed by atoms with Crippen LogP contribution in [0.3, 0.4) is 0 Å². The highest BCUT2D eigenvalue weighted by Gasteiger charge is 2.14. The van der Waals surface area contributed by atoms with Crippen molar-refractivity contribution in [3.8, 4) is 0 Å². The number of aryl methyl sites for hydroxylation is 1. The molecule has 2 aromatic heterocycles. The van der Waals surface area contributed by atoms with E-state index in [0.29, 0.717) is 20.9 Å². The van der Waals surface area contributed by atoms with Crippen LogP contribution >= 0.6 is 34.7 Å². The van der Waals surface area contributed by atoms with Gasteiger partial charge in [-0.1, -0.05) is 53.7 Å². The maximum Gasteiger partial charge on any atom is 0.343 e. The van der Waals surface area contributed by atoms with Crippen molar-refractivity contribution in [2.75, 3.05) is 5.75 Å². The van der Waals surface area contributed by atoms with E-state index < -0.39 is 0 Å². The minimum atomic E-state index is -0.264. The highest BCUT2D eigenvalue weighted by Crippen LogP contribution is 2.24. The zero-order valence-electron chi connectivity index (χ0n) is 12.6. The fourth-order valence-corrected chi connectivity index (χ4v) is 4.09. The Labute approximate surface area is 151 Å². The number of rotatable bonds is 7. The van der Waals surface area contributed by atoms with Gasteiger partial charge in [0.15, 0.2) is 10.9 Å². The Bertz CT molecular complexity index is 886. The standard InChI is InChI=1S/C16H14ClN3O2S2/c17-14-7-6-13(24-14)12(21)10-23-16-19-18-15(22)20(16)9-8-11-4-2-1-3-5-11/h1-7H,8-10H2,(H,18,22). The molecule has 24 heavy (non-hydrogen) atoms. The van der Waals surface area contributed by atoms with Crippen LogP contribution in [0.4, 0.5) is 0 Å². The summed E-state index contributed by atoms with van der Waals surface area (Å²) >= 11 is 8.35. The van der Waals surface area contributed by atoms with Gasteiger partial charge < -0.3 is 0 Å². The molecule has 0 spiro atoms. The Morgan fingerprint density at radius 3 is 2.75 bits per heavy atom. The predicted molar refractivity (Wildman–Crippen MR) is 97.4 cm³/mol. The summed E-state index contributed by atoms with van der Waals surface area (Å²) in [7, 11) is 0. The van der Waals surface area contributed by atoms with Crippen LogP contribution in [0.5, 0.6) is 0 Å². The fourth-order valence-electron chi connectivity index (χ4n) is 2.16. The molecule has 5 nitrogen and oxygen atoms in total. The normalized spacial score (nSPS) is 10.9. The molecule has 1 N–H and O–H groups in total. The smallest absolute Gasteiger partial charge is 0.292 e. The van der Waals surface area contributed by atoms with Crippen molar-refractivity contribution in [1.82, 2.24) is 14.8 Å². The van der Waals surface area contributed by atoms with E-state index in [1.807, 2.05) is 30.3 Å². The van der Waals surface area contributed by atoms with E-state index in [-0.39, 0.29) is 17.2 Å². The van der Waals surface area contributed by atoms with Gasteiger partial charge in [0.2, 0.25) is 0 Å². The van der Waals surface area contributed by atoms with Crippen molar-refractivity contribution in [2.45, 2.75) is 18.1 Å². The SMILES string of the molecule is O=C(CSc1n[nH]c(=O)n1CCc1ccccc1)c1ccc(Cl)s1. The maximum absolute atomic E-state index is 12.1. The Morgan fingerprint density at radius 2 is 2.04 bits per heavy atom. The van der Waals surface area contributed by atoms with Crippen LogP contribution in [-0.2, 0) is 13.0 Å². The average molecular weight is 380 g/mol. The van der Waals surface area contributed by atoms with Crippen LogP contribution in [0.2, 0.25) is 4.34 Å². The summed E-state index contributed by atoms with van der Waals surface area (Å²) in [6.07, 6.45) is 0.725. The van der Waals surface area contributed by atoms with Gasteiger partial charge in [-0.2, -0.15) is 0 Å². The zero-order chi connectivity index (χ0) is 16.9. The van der Waals surface area contributed by atoms with E-state index in [0.717, 1.165) is 12.0 Å². The van der Waals surface area contributed by atoms with Gasteiger partial charge in [-0.15, -0.1) is 16.4 Å². The van der Waals surface area contributed by atoms with E-state index in [4.69, 9.17) is 11.6 Å². The lowest BCUT2D eigenvalue weighted by molar-refractivity contribution is 0.102. The van der Waals surface area contributed by atoms with Crippen LogP contribution in [0.1, 0.15) is 15.2 Å². The number of Topliss-reactive ketones (excluding diaryl/α,β-unsaturated/α-hetero) is 1. The monoisotopic (exact) mass is 379 g/mol. The van der Waals surface area contributed by atoms with Gasteiger partial charge in [0.1, 0.15) is 0 Å². The molecule has 8 heteroatoms. The van der Waals surface area contributed by atoms with Gasteiger partial charge in [0, 0.05) is 6.54 Å². The first-order chi connectivity index (χ1) is 11.6. The van der Waals surface area contributed by atoms with Crippen molar-refractivity contribution >= 4 is 40.5 Å². The topological polar surface area (TPSA) is 67.8 Å². The predicted octanol–water partition coefficient (Wildman–Crippen LogP) is 3.50. The molecule has 124 valence electrons. The van der Waals surface area contributed by atoms with Gasteiger partial charge >= 0.3 is 5.69 Å². The Hall–Kier alpha value is -1.83. The number of hydrogen-bond donors (Lipinski definition) is 1. The van der Waals surface area contributed by atoms with Crippen molar-refractivity contribution in [1.29, 1.82) is 0 Å². The molecule has 1 aromatic carbocycles. The number of aromatic amines is 1. The summed E-state index contributed by atoms with van der Waals surface area (Å²) in [5, 5.41) is 6.98. The molecular weight excluding hydrogens is 366 g/mol. The number of aromatic nitrogens is 3. The van der Waals surface area contributed by atoms with Crippen LogP contribution in [0.15, 0.2) is 52.4 Å². The molecule has 0 bridgehead atoms. The molecule has 3 rings (SSSR count). The van der Waals surface area contributed by atoms with Gasteiger partial charge in [-0.3, -0.25) is 9.36 Å². The number of H-pyrrole nitrogens is 1. The highest BCUT2D eigenvalue weighted by molar-refractivity contribution is 7.99. The molecule has 0 aliphatic rings. The second kappa shape index (κ2) is 7.83. The molecule has 0 fully saturated rings. The van der Waals surface area contributed by atoms with Gasteiger partial charge in [-0.25, -0.2) is 9.89 Å². The van der Waals surface area contributed by atoms with Crippen molar-refractivity contribution < 1.29 is 4.79 Å². The van der Waals surface area contributed by atoms with Crippen LogP contribution in [0, 0.1) is 0 Å². The largest absolute Gasteiger partial charge is 0.343 e. The van der Waals surface area contributed by atoms with Gasteiger partial charge in [0.25, 0.3) is 0 Å². The third-order valence-electron chi connectivity index (χ3n) is 3.37. The molecule has 0 saturated carbocycles. The number of ketones is 1. The quantitative estimate of drug-likeness (QED) is 0.504. The third kappa shape index (κ3) is 4.17. The molecule has 2 heterocycles. The van der Waals surface area contributed by atoms with Crippen molar-refractivity contribution in [3.63, 3.8) is 0 Å². The summed E-state index contributed by atoms with van der Waals surface area (Å²) in [6, 6.07) is 13.3. The summed E-state index contributed by atoms with van der Waals surface area (Å²) in [6.45, 7) is 0.515. The first kappa shape index (κ1) is 17.0. The number of thiophene rings is 1. The van der Waals surface area contributed by atoms with Crippen LogP contribution in [0.25, 0.3) is 0 Å². The Balaban J connectivity index is 1.64. The summed E-state index contributed by atoms with van der Waals surface area (Å²) < 4.78 is 2.15. The number of halogens is 1. The number of nitrogens with one attached hydrogen (secondary N) is 1. The number of nitrogens with zero attached hydrogens (tertiary/aromatic N) is 2. The van der Waals surface area contributed by atoms with E-state index in [1.54, 1.807) is 16.7 Å². The minimum Gasteiger partial charge on any atom is -0.292 e. The number of hydrogen-bond acceptors (Lipinski definition) is 5. The average Bonchev–Trinajstić information content (AvgIpc) is 3.18. The number of thioether (sulfide) groups is 1. The third-order valence-corrected chi connectivity index (χ3v) is 5.62. The van der Waals surface area contributed by atoms with Crippen LogP contribution in [-0.4, -0.2) is 26.3 Å². The van der Waals surface area contributed by atoms with Gasteiger partial charge in [0.05, 0.1) is 15.0 Å². The Morgan fingerprint density at radius 1 is 1.25 bits per heavy atom. The second-order valence-corrected chi connectivity index (χ2v) is 7.67. The summed E-state index contributed by atoms with van der Waals surface area (Å²) in [4.78, 5) is 24.7. The molecule has 0 saturated heterocycles. The van der Waals surface area contributed by atoms with E-state index in [1.165, 1.54) is 23.1 Å². The lowest BCUT2D eigenvalue weighted by Crippen LogP contribution is -2.19. The zero-order valence-corrected chi connectivity index (χ0v) is 15.0. The molecule has 0 radical (unpaired) electrons. The summed E-state index contributed by atoms with van der Waals surface area (Å²) in [5.74, 6) is 0.189. The lowest BCUT2D eigenvalue weighted by Gasteiger charge is -2.05. The first-order valence-electron chi connectivity index (χ1n) is 7.24. The van der Waals surface area contributed by atoms with E-state index >= 15 is 0 Å². The van der Waals surface area contributed by atoms with Gasteiger partial charge in [-0.05, 0) is 24.1 Å². The molecule has 0 atom stereocenters. The maximum atomic E-state index is 12.1. The molecule has 3 aromatic rings. The Kier molecular flexibility index (Phi) is 5.55. The number of benzene rings is 1. The van der Waals surface area contributed by atoms with Crippen molar-refractivity contribution in [2.24, 2.45) is 0 Å². The molecule has 0 aliphatic heterocycles. The number of carbonyl (C=O) groups excluding carboxylic acids is 1. The lowest BCUT2D eigenvalue weighted by atomic mass is 10.1. The fraction of sp³-hybridized carbons (Fsp3) is 0.188. The van der Waals surface area contributed by atoms with Crippen molar-refractivity contribution in [3.05, 3.63) is 67.7 Å². The second-order valence-electron chi connectivity index (χ2n) is 5.01. The van der Waals surface area contributed by atoms with Crippen LogP contribution < -0.4 is 5.69 Å². The minimum absolute atomic E-state index is 0.0260.